The number of aryl methyl sites for hydroxylation is 1. The lowest BCUT2D eigenvalue weighted by Crippen LogP contribution is -2.57. The average molecular weight is 376 g/mol. The molecule has 1 aliphatic heterocycles. The van der Waals surface area contributed by atoms with E-state index >= 15 is 0 Å². The summed E-state index contributed by atoms with van der Waals surface area (Å²) in [7, 11) is 0. The molecule has 144 valence electrons. The predicted octanol–water partition coefficient (Wildman–Crippen LogP) is 1.71. The van der Waals surface area contributed by atoms with Crippen molar-refractivity contribution in [1.82, 2.24) is 20.2 Å². The van der Waals surface area contributed by atoms with E-state index in [4.69, 9.17) is 0 Å². The Kier molecular flexibility index (Phi) is 5.76. The number of likely N-dealkylation sites (tertiary alicyclic amines) is 1. The lowest BCUT2D eigenvalue weighted by Gasteiger charge is -2.38. The molecule has 27 heavy (non-hydrogen) atoms. The van der Waals surface area contributed by atoms with Crippen LogP contribution in [0.1, 0.15) is 29.8 Å². The van der Waals surface area contributed by atoms with E-state index in [1.54, 1.807) is 12.4 Å². The summed E-state index contributed by atoms with van der Waals surface area (Å²) in [5, 5.41) is 13.8. The Labute approximate surface area is 156 Å². The van der Waals surface area contributed by atoms with E-state index in [9.17, 15) is 18.7 Å². The average Bonchev–Trinajstić information content (AvgIpc) is 2.64. The number of piperidine rings is 1. The maximum atomic E-state index is 13.4. The number of carbonyl (C=O) groups excluding carboxylic acids is 1. The van der Waals surface area contributed by atoms with Crippen LogP contribution in [0.3, 0.4) is 0 Å². The minimum atomic E-state index is -1.53. The number of nitrogens with zero attached hydrogens (tertiary/aromatic N) is 3. The first-order chi connectivity index (χ1) is 12.9. The Morgan fingerprint density at radius 2 is 2.07 bits per heavy atom. The number of hydrogen-bond donors (Lipinski definition) is 2. The van der Waals surface area contributed by atoms with Gasteiger partial charge in [-0.25, -0.2) is 8.78 Å². The van der Waals surface area contributed by atoms with Crippen molar-refractivity contribution in [2.45, 2.75) is 38.5 Å². The third kappa shape index (κ3) is 4.64. The van der Waals surface area contributed by atoms with Gasteiger partial charge >= 0.3 is 0 Å². The van der Waals surface area contributed by atoms with Crippen LogP contribution in [0.5, 0.6) is 0 Å². The largest absolute Gasteiger partial charge is 0.379 e. The van der Waals surface area contributed by atoms with Crippen molar-refractivity contribution in [2.24, 2.45) is 0 Å². The second-order valence-corrected chi connectivity index (χ2v) is 6.86. The fourth-order valence-corrected chi connectivity index (χ4v) is 3.15. The molecule has 1 unspecified atom stereocenters. The summed E-state index contributed by atoms with van der Waals surface area (Å²) >= 11 is 0. The molecule has 0 radical (unpaired) electrons. The van der Waals surface area contributed by atoms with E-state index in [-0.39, 0.29) is 13.1 Å². The zero-order valence-corrected chi connectivity index (χ0v) is 15.1. The molecule has 2 aromatic rings. The third-order valence-corrected chi connectivity index (χ3v) is 4.62. The number of hydrogen-bond acceptors (Lipinski definition) is 5. The molecule has 1 saturated heterocycles. The van der Waals surface area contributed by atoms with Gasteiger partial charge in [-0.2, -0.15) is 0 Å². The highest BCUT2D eigenvalue weighted by molar-refractivity contribution is 5.86. The van der Waals surface area contributed by atoms with Crippen molar-refractivity contribution in [2.75, 3.05) is 13.1 Å². The van der Waals surface area contributed by atoms with E-state index < -0.39 is 23.1 Å². The Balaban J connectivity index is 1.60. The van der Waals surface area contributed by atoms with Gasteiger partial charge in [0.1, 0.15) is 0 Å². The van der Waals surface area contributed by atoms with Gasteiger partial charge in [0, 0.05) is 38.6 Å². The summed E-state index contributed by atoms with van der Waals surface area (Å²) < 4.78 is 26.5. The molecular formula is C19H22F2N4O2. The summed E-state index contributed by atoms with van der Waals surface area (Å²) in [6.07, 6.45) is 4.26. The van der Waals surface area contributed by atoms with Crippen LogP contribution >= 0.6 is 0 Å². The predicted molar refractivity (Wildman–Crippen MR) is 94.4 cm³/mol. The van der Waals surface area contributed by atoms with Gasteiger partial charge in [0.2, 0.25) is 0 Å². The summed E-state index contributed by atoms with van der Waals surface area (Å²) in [6, 6.07) is 3.55. The van der Waals surface area contributed by atoms with E-state index in [1.807, 2.05) is 6.92 Å². The highest BCUT2D eigenvalue weighted by Gasteiger charge is 2.41. The van der Waals surface area contributed by atoms with Gasteiger partial charge in [-0.05, 0) is 37.5 Å². The molecule has 2 heterocycles. The molecule has 3 rings (SSSR count). The zero-order valence-electron chi connectivity index (χ0n) is 15.1. The highest BCUT2D eigenvalue weighted by Crippen LogP contribution is 2.24. The Morgan fingerprint density at radius 1 is 1.26 bits per heavy atom. The van der Waals surface area contributed by atoms with Crippen LogP contribution in [0.25, 0.3) is 0 Å². The van der Waals surface area contributed by atoms with Gasteiger partial charge in [-0.15, -0.1) is 0 Å². The Bertz CT molecular complexity index is 816. The quantitative estimate of drug-likeness (QED) is 0.803. The molecule has 0 spiro atoms. The second-order valence-electron chi connectivity index (χ2n) is 6.86. The zero-order chi connectivity index (χ0) is 19.4. The van der Waals surface area contributed by atoms with Crippen LogP contribution in [0.15, 0.2) is 30.6 Å². The minimum absolute atomic E-state index is 0.0790. The van der Waals surface area contributed by atoms with E-state index in [2.05, 4.69) is 15.3 Å². The fraction of sp³-hybridized carbons (Fsp3) is 0.421. The SMILES string of the molecule is Cc1cnc(CNCC2(O)CCCN(Cc3ccc(F)c(F)c3)C2=O)cn1. The van der Waals surface area contributed by atoms with Gasteiger partial charge in [0.15, 0.2) is 17.2 Å². The van der Waals surface area contributed by atoms with E-state index in [1.165, 1.54) is 11.0 Å². The van der Waals surface area contributed by atoms with Crippen LogP contribution in [0, 0.1) is 18.6 Å². The molecule has 1 aromatic heterocycles. The lowest BCUT2D eigenvalue weighted by atomic mass is 9.91. The first-order valence-corrected chi connectivity index (χ1v) is 8.81. The van der Waals surface area contributed by atoms with Gasteiger partial charge in [-0.3, -0.25) is 14.8 Å². The molecule has 0 saturated carbocycles. The smallest absolute Gasteiger partial charge is 0.256 e. The summed E-state index contributed by atoms with van der Waals surface area (Å²) in [5.41, 5.74) is 0.475. The van der Waals surface area contributed by atoms with E-state index in [0.29, 0.717) is 37.2 Å². The number of benzene rings is 1. The molecule has 2 N–H and O–H groups in total. The number of aliphatic hydroxyl groups is 1. The molecule has 8 heteroatoms. The summed E-state index contributed by atoms with van der Waals surface area (Å²) in [6.45, 7) is 2.89. The normalized spacial score (nSPS) is 20.1. The molecule has 1 aliphatic rings. The molecule has 0 bridgehead atoms. The van der Waals surface area contributed by atoms with Crippen LogP contribution in [0.4, 0.5) is 8.78 Å². The second kappa shape index (κ2) is 8.06. The first kappa shape index (κ1) is 19.3. The van der Waals surface area contributed by atoms with Crippen LogP contribution in [0.2, 0.25) is 0 Å². The van der Waals surface area contributed by atoms with Crippen LogP contribution < -0.4 is 5.32 Å². The van der Waals surface area contributed by atoms with Gasteiger partial charge in [-0.1, -0.05) is 6.07 Å². The van der Waals surface area contributed by atoms with Crippen molar-refractivity contribution >= 4 is 5.91 Å². The number of amides is 1. The number of aromatic nitrogens is 2. The van der Waals surface area contributed by atoms with Gasteiger partial charge in [0.25, 0.3) is 5.91 Å². The number of carbonyl (C=O) groups is 1. The first-order valence-electron chi connectivity index (χ1n) is 8.81. The molecule has 1 fully saturated rings. The van der Waals surface area contributed by atoms with Crippen molar-refractivity contribution in [1.29, 1.82) is 0 Å². The lowest BCUT2D eigenvalue weighted by molar-refractivity contribution is -0.157. The Hall–Kier alpha value is -2.45. The molecule has 1 amide bonds. The minimum Gasteiger partial charge on any atom is -0.379 e. The number of rotatable bonds is 6. The number of halogens is 2. The molecule has 1 aromatic carbocycles. The Morgan fingerprint density at radius 3 is 2.78 bits per heavy atom. The maximum absolute atomic E-state index is 13.4. The molecular weight excluding hydrogens is 354 g/mol. The van der Waals surface area contributed by atoms with Crippen molar-refractivity contribution in [3.8, 4) is 0 Å². The maximum Gasteiger partial charge on any atom is 0.256 e. The van der Waals surface area contributed by atoms with Crippen molar-refractivity contribution < 1.29 is 18.7 Å². The topological polar surface area (TPSA) is 78.4 Å². The molecule has 1 atom stereocenters. The standard InChI is InChI=1S/C19H22F2N4O2/c1-13-8-24-15(10-23-13)9-22-12-19(27)5-2-6-25(18(19)26)11-14-3-4-16(20)17(21)7-14/h3-4,7-8,10,22,27H,2,5-6,9,11-12H2,1H3. The van der Waals surface area contributed by atoms with Crippen LogP contribution in [-0.2, 0) is 17.9 Å². The number of nitrogens with one attached hydrogen (secondary N) is 1. The third-order valence-electron chi connectivity index (χ3n) is 4.62. The van der Waals surface area contributed by atoms with Gasteiger partial charge < -0.3 is 15.3 Å². The molecule has 0 aliphatic carbocycles. The van der Waals surface area contributed by atoms with Crippen molar-refractivity contribution in [3.63, 3.8) is 0 Å². The van der Waals surface area contributed by atoms with Crippen molar-refractivity contribution in [3.05, 3.63) is 59.2 Å². The summed E-state index contributed by atoms with van der Waals surface area (Å²) in [4.78, 5) is 22.6. The van der Waals surface area contributed by atoms with Gasteiger partial charge in [0.05, 0.1) is 11.4 Å². The molecule has 6 nitrogen and oxygen atoms in total. The fourth-order valence-electron chi connectivity index (χ4n) is 3.15. The van der Waals surface area contributed by atoms with E-state index in [0.717, 1.165) is 17.8 Å². The summed E-state index contributed by atoms with van der Waals surface area (Å²) in [5.74, 6) is -2.29. The van der Waals surface area contributed by atoms with Crippen LogP contribution in [-0.4, -0.2) is 44.6 Å². The highest BCUT2D eigenvalue weighted by atomic mass is 19.2. The monoisotopic (exact) mass is 376 g/mol.